The van der Waals surface area contributed by atoms with Crippen LogP contribution in [0.1, 0.15) is 47.5 Å². The number of rotatable bonds is 2. The molecule has 11 heavy (non-hydrogen) atoms. The molecule has 0 amide bonds. The molecule has 0 aromatic rings. The van der Waals surface area contributed by atoms with Crippen LogP contribution < -0.4 is 0 Å². The number of hydrogen-bond acceptors (Lipinski definition) is 0. The van der Waals surface area contributed by atoms with Gasteiger partial charge in [-0.3, -0.25) is 0 Å². The van der Waals surface area contributed by atoms with Crippen LogP contribution in [0.3, 0.4) is 0 Å². The normalized spacial score (nSPS) is 12.7. The lowest BCUT2D eigenvalue weighted by molar-refractivity contribution is 0.145. The van der Waals surface area contributed by atoms with Crippen molar-refractivity contribution in [1.82, 2.24) is 0 Å². The highest BCUT2D eigenvalue weighted by molar-refractivity contribution is 5.10. The van der Waals surface area contributed by atoms with E-state index in [4.69, 9.17) is 6.42 Å². The Hall–Kier alpha value is -0.440. The first-order valence-corrected chi connectivity index (χ1v) is 4.41. The lowest BCUT2D eigenvalue weighted by Gasteiger charge is -2.39. The second kappa shape index (κ2) is 3.30. The third-order valence-electron chi connectivity index (χ3n) is 2.92. The van der Waals surface area contributed by atoms with Gasteiger partial charge in [-0.1, -0.05) is 40.5 Å². The minimum Gasteiger partial charge on any atom is -0.119 e. The van der Waals surface area contributed by atoms with Gasteiger partial charge in [0.25, 0.3) is 0 Å². The third kappa shape index (κ3) is 1.77. The summed E-state index contributed by atoms with van der Waals surface area (Å²) in [5.74, 6) is 2.95. The molecule has 0 N–H and O–H groups in total. The Morgan fingerprint density at radius 3 is 1.45 bits per heavy atom. The van der Waals surface area contributed by atoms with Gasteiger partial charge in [0.15, 0.2) is 0 Å². The Bertz CT molecular complexity index is 148. The Balaban J connectivity index is 4.73. The van der Waals surface area contributed by atoms with Crippen LogP contribution in [-0.4, -0.2) is 0 Å². The van der Waals surface area contributed by atoms with Crippen molar-refractivity contribution in [2.75, 3.05) is 0 Å². The molecule has 0 saturated heterocycles. The molecule has 0 fully saturated rings. The van der Waals surface area contributed by atoms with Gasteiger partial charge in [0.1, 0.15) is 0 Å². The molecule has 0 heterocycles. The molecule has 0 unspecified atom stereocenters. The van der Waals surface area contributed by atoms with Crippen molar-refractivity contribution in [3.8, 4) is 12.3 Å². The van der Waals surface area contributed by atoms with Crippen LogP contribution in [0.2, 0.25) is 0 Å². The summed E-state index contributed by atoms with van der Waals surface area (Å²) in [4.78, 5) is 0. The van der Waals surface area contributed by atoms with Crippen molar-refractivity contribution in [1.29, 1.82) is 0 Å². The van der Waals surface area contributed by atoms with E-state index in [-0.39, 0.29) is 10.8 Å². The lowest BCUT2D eigenvalue weighted by atomic mass is 9.64. The van der Waals surface area contributed by atoms with Crippen molar-refractivity contribution < 1.29 is 0 Å². The highest BCUT2D eigenvalue weighted by atomic mass is 14.4. The van der Waals surface area contributed by atoms with Crippen LogP contribution in [0.15, 0.2) is 0 Å². The minimum absolute atomic E-state index is 0.0903. The van der Waals surface area contributed by atoms with Crippen molar-refractivity contribution in [3.63, 3.8) is 0 Å². The Morgan fingerprint density at radius 2 is 1.45 bits per heavy atom. The summed E-state index contributed by atoms with van der Waals surface area (Å²) in [6.07, 6.45) is 7.71. The average Bonchev–Trinajstić information content (AvgIpc) is 1.90. The largest absolute Gasteiger partial charge is 0.119 e. The molecule has 0 aliphatic heterocycles. The van der Waals surface area contributed by atoms with Crippen LogP contribution in [0, 0.1) is 23.2 Å². The Labute approximate surface area is 71.4 Å². The van der Waals surface area contributed by atoms with Crippen LogP contribution in [-0.2, 0) is 0 Å². The summed E-state index contributed by atoms with van der Waals surface area (Å²) < 4.78 is 0. The molecule has 0 aromatic carbocycles. The molecular formula is C11H20. The molecule has 0 aliphatic carbocycles. The second-order valence-corrected chi connectivity index (χ2v) is 4.18. The van der Waals surface area contributed by atoms with Gasteiger partial charge < -0.3 is 0 Å². The third-order valence-corrected chi connectivity index (χ3v) is 2.92. The molecule has 0 aliphatic rings. The smallest absolute Gasteiger partial charge is 0.0355 e. The summed E-state index contributed by atoms with van der Waals surface area (Å²) in [6, 6.07) is 0. The molecule has 0 bridgehead atoms. The summed E-state index contributed by atoms with van der Waals surface area (Å²) in [7, 11) is 0. The monoisotopic (exact) mass is 152 g/mol. The first-order valence-electron chi connectivity index (χ1n) is 4.41. The SMILES string of the molecule is C#CC(CC)(CC)C(C)(C)C. The van der Waals surface area contributed by atoms with Gasteiger partial charge >= 0.3 is 0 Å². The zero-order chi connectivity index (χ0) is 9.12. The summed E-state index contributed by atoms with van der Waals surface area (Å²) in [5.41, 5.74) is 0.318. The van der Waals surface area contributed by atoms with Crippen LogP contribution in [0.5, 0.6) is 0 Å². The highest BCUT2D eigenvalue weighted by Gasteiger charge is 2.36. The molecule has 0 atom stereocenters. The van der Waals surface area contributed by atoms with E-state index in [1.54, 1.807) is 0 Å². The van der Waals surface area contributed by atoms with E-state index in [0.717, 1.165) is 12.8 Å². The van der Waals surface area contributed by atoms with E-state index in [1.165, 1.54) is 0 Å². The first-order chi connectivity index (χ1) is 4.93. The van der Waals surface area contributed by atoms with E-state index in [2.05, 4.69) is 40.5 Å². The van der Waals surface area contributed by atoms with E-state index in [1.807, 2.05) is 0 Å². The molecule has 0 spiro atoms. The number of terminal acetylenes is 1. The minimum atomic E-state index is 0.0903. The van der Waals surface area contributed by atoms with Crippen molar-refractivity contribution in [2.45, 2.75) is 47.5 Å². The first kappa shape index (κ1) is 10.6. The van der Waals surface area contributed by atoms with E-state index in [0.29, 0.717) is 0 Å². The van der Waals surface area contributed by atoms with Gasteiger partial charge in [-0.15, -0.1) is 6.42 Å². The highest BCUT2D eigenvalue weighted by Crippen LogP contribution is 2.43. The van der Waals surface area contributed by atoms with E-state index in [9.17, 15) is 0 Å². The molecule has 0 aromatic heterocycles. The average molecular weight is 152 g/mol. The summed E-state index contributed by atoms with van der Waals surface area (Å²) in [5, 5.41) is 0. The fraction of sp³-hybridized carbons (Fsp3) is 0.818. The number of hydrogen-bond donors (Lipinski definition) is 0. The van der Waals surface area contributed by atoms with Gasteiger partial charge in [-0.05, 0) is 18.3 Å². The lowest BCUT2D eigenvalue weighted by Crippen LogP contribution is -2.32. The van der Waals surface area contributed by atoms with E-state index >= 15 is 0 Å². The molecule has 0 heteroatoms. The van der Waals surface area contributed by atoms with Crippen molar-refractivity contribution >= 4 is 0 Å². The topological polar surface area (TPSA) is 0 Å². The second-order valence-electron chi connectivity index (χ2n) is 4.18. The molecule has 64 valence electrons. The maximum absolute atomic E-state index is 5.56. The molecular weight excluding hydrogens is 132 g/mol. The maximum atomic E-state index is 5.56. The molecule has 0 saturated carbocycles. The molecule has 0 nitrogen and oxygen atoms in total. The fourth-order valence-electron chi connectivity index (χ4n) is 1.73. The van der Waals surface area contributed by atoms with Gasteiger partial charge in [0.2, 0.25) is 0 Å². The Kier molecular flexibility index (Phi) is 3.17. The zero-order valence-electron chi connectivity index (χ0n) is 8.49. The van der Waals surface area contributed by atoms with Crippen molar-refractivity contribution in [2.24, 2.45) is 10.8 Å². The van der Waals surface area contributed by atoms with Gasteiger partial charge in [0.05, 0.1) is 0 Å². The van der Waals surface area contributed by atoms with Crippen LogP contribution >= 0.6 is 0 Å². The van der Waals surface area contributed by atoms with Gasteiger partial charge in [-0.25, -0.2) is 0 Å². The predicted octanol–water partition coefficient (Wildman–Crippen LogP) is 3.47. The molecule has 0 rings (SSSR count). The predicted molar refractivity (Wildman–Crippen MR) is 51.3 cm³/mol. The summed E-state index contributed by atoms with van der Waals surface area (Å²) in [6.45, 7) is 11.0. The van der Waals surface area contributed by atoms with Gasteiger partial charge in [-0.2, -0.15) is 0 Å². The Morgan fingerprint density at radius 1 is 1.09 bits per heavy atom. The maximum Gasteiger partial charge on any atom is 0.0355 e. The quantitative estimate of drug-likeness (QED) is 0.531. The fourth-order valence-corrected chi connectivity index (χ4v) is 1.73. The van der Waals surface area contributed by atoms with Crippen molar-refractivity contribution in [3.05, 3.63) is 0 Å². The van der Waals surface area contributed by atoms with Crippen LogP contribution in [0.25, 0.3) is 0 Å². The van der Waals surface area contributed by atoms with Gasteiger partial charge in [0, 0.05) is 5.41 Å². The van der Waals surface area contributed by atoms with Crippen LogP contribution in [0.4, 0.5) is 0 Å². The molecule has 0 radical (unpaired) electrons. The standard InChI is InChI=1S/C11H20/c1-7-11(8-2,9-3)10(4,5)6/h1H,8-9H2,2-6H3. The zero-order valence-corrected chi connectivity index (χ0v) is 8.49. The van der Waals surface area contributed by atoms with E-state index < -0.39 is 0 Å². The summed E-state index contributed by atoms with van der Waals surface area (Å²) >= 11 is 0.